The number of ether oxygens (including phenoxy) is 1. The molecule has 0 fully saturated rings. The Balaban J connectivity index is 2.13. The minimum absolute atomic E-state index is 0.0202. The lowest BCUT2D eigenvalue weighted by Gasteiger charge is -2.09. The fourth-order valence-electron chi connectivity index (χ4n) is 2.35. The molecule has 0 aliphatic carbocycles. The molecule has 0 atom stereocenters. The smallest absolute Gasteiger partial charge is 0.347 e. The summed E-state index contributed by atoms with van der Waals surface area (Å²) in [7, 11) is 0. The number of hydrogen-bond donors (Lipinski definition) is 1. The lowest BCUT2D eigenvalue weighted by molar-refractivity contribution is 0.0701. The SMILES string of the molecule is Cc1nc(-c2cc3cc(OC(C)C)cc(C#N)c3s2)sc1C(=O)O. The van der Waals surface area contributed by atoms with E-state index in [0.29, 0.717) is 22.0 Å². The van der Waals surface area contributed by atoms with Crippen LogP contribution in [-0.4, -0.2) is 22.2 Å². The van der Waals surface area contributed by atoms with Crippen LogP contribution in [0.1, 0.15) is 34.8 Å². The first-order valence-electron chi connectivity index (χ1n) is 7.24. The molecular formula is C17H14N2O3S2. The van der Waals surface area contributed by atoms with E-state index in [0.717, 1.165) is 26.3 Å². The molecule has 122 valence electrons. The number of nitriles is 1. The molecule has 3 aromatic rings. The Hall–Kier alpha value is -2.43. The number of fused-ring (bicyclic) bond motifs is 1. The highest BCUT2D eigenvalue weighted by atomic mass is 32.1. The molecule has 24 heavy (non-hydrogen) atoms. The summed E-state index contributed by atoms with van der Waals surface area (Å²) in [5.41, 5.74) is 1.05. The minimum atomic E-state index is -0.970. The van der Waals surface area contributed by atoms with Crippen molar-refractivity contribution in [3.8, 4) is 21.7 Å². The largest absolute Gasteiger partial charge is 0.491 e. The van der Waals surface area contributed by atoms with E-state index in [2.05, 4.69) is 11.1 Å². The van der Waals surface area contributed by atoms with E-state index in [4.69, 9.17) is 4.74 Å². The third kappa shape index (κ3) is 2.98. The van der Waals surface area contributed by atoms with E-state index in [9.17, 15) is 15.2 Å². The minimum Gasteiger partial charge on any atom is -0.491 e. The highest BCUT2D eigenvalue weighted by Gasteiger charge is 2.18. The second-order valence-electron chi connectivity index (χ2n) is 5.52. The molecule has 3 rings (SSSR count). The quantitative estimate of drug-likeness (QED) is 0.731. The monoisotopic (exact) mass is 358 g/mol. The molecule has 0 spiro atoms. The average Bonchev–Trinajstić information content (AvgIpc) is 3.08. The normalized spacial score (nSPS) is 11.0. The molecule has 2 heterocycles. The van der Waals surface area contributed by atoms with Crippen molar-refractivity contribution in [2.45, 2.75) is 26.9 Å². The van der Waals surface area contributed by atoms with Crippen molar-refractivity contribution in [3.05, 3.63) is 34.3 Å². The van der Waals surface area contributed by atoms with Gasteiger partial charge in [-0.1, -0.05) is 0 Å². The number of carboxylic acids is 1. The molecule has 1 N–H and O–H groups in total. The summed E-state index contributed by atoms with van der Waals surface area (Å²) in [4.78, 5) is 16.7. The van der Waals surface area contributed by atoms with Crippen LogP contribution in [0, 0.1) is 18.3 Å². The molecule has 1 aromatic carbocycles. The first kappa shape index (κ1) is 16.4. The van der Waals surface area contributed by atoms with Gasteiger partial charge in [-0.25, -0.2) is 9.78 Å². The van der Waals surface area contributed by atoms with Crippen molar-refractivity contribution in [1.82, 2.24) is 4.98 Å². The Morgan fingerprint density at radius 3 is 2.67 bits per heavy atom. The zero-order valence-electron chi connectivity index (χ0n) is 13.3. The molecule has 0 aliphatic rings. The molecule has 5 nitrogen and oxygen atoms in total. The van der Waals surface area contributed by atoms with E-state index in [1.54, 1.807) is 13.0 Å². The predicted octanol–water partition coefficient (Wildman–Crippen LogP) is 4.69. The molecule has 0 saturated carbocycles. The molecule has 0 unspecified atom stereocenters. The first-order valence-corrected chi connectivity index (χ1v) is 8.87. The molecular weight excluding hydrogens is 344 g/mol. The topological polar surface area (TPSA) is 83.2 Å². The van der Waals surface area contributed by atoms with Gasteiger partial charge in [-0.05, 0) is 44.4 Å². The number of nitrogens with zero attached hydrogens (tertiary/aromatic N) is 2. The van der Waals surface area contributed by atoms with Crippen molar-refractivity contribution in [1.29, 1.82) is 5.26 Å². The highest BCUT2D eigenvalue weighted by Crippen LogP contribution is 2.39. The molecule has 7 heteroatoms. The summed E-state index contributed by atoms with van der Waals surface area (Å²) < 4.78 is 6.55. The van der Waals surface area contributed by atoms with Gasteiger partial charge in [0, 0.05) is 0 Å². The summed E-state index contributed by atoms with van der Waals surface area (Å²) in [6.07, 6.45) is 0.0202. The molecule has 0 amide bonds. The maximum Gasteiger partial charge on any atom is 0.347 e. The van der Waals surface area contributed by atoms with E-state index in [-0.39, 0.29) is 11.0 Å². The number of thiazole rings is 1. The van der Waals surface area contributed by atoms with Gasteiger partial charge in [-0.2, -0.15) is 5.26 Å². The van der Waals surface area contributed by atoms with E-state index in [1.165, 1.54) is 11.3 Å². The third-order valence-corrected chi connectivity index (χ3v) is 5.78. The van der Waals surface area contributed by atoms with Crippen LogP contribution >= 0.6 is 22.7 Å². The van der Waals surface area contributed by atoms with Crippen LogP contribution in [0.25, 0.3) is 20.0 Å². The van der Waals surface area contributed by atoms with Gasteiger partial charge in [-0.3, -0.25) is 0 Å². The van der Waals surface area contributed by atoms with Crippen LogP contribution in [0.2, 0.25) is 0 Å². The Labute approximate surface area is 146 Å². The summed E-state index contributed by atoms with van der Waals surface area (Å²) in [6.45, 7) is 5.55. The van der Waals surface area contributed by atoms with Gasteiger partial charge < -0.3 is 9.84 Å². The summed E-state index contributed by atoms with van der Waals surface area (Å²) in [6, 6.07) is 7.76. The Bertz CT molecular complexity index is 980. The van der Waals surface area contributed by atoms with Gasteiger partial charge in [0.15, 0.2) is 0 Å². The van der Waals surface area contributed by atoms with Gasteiger partial charge >= 0.3 is 5.97 Å². The van der Waals surface area contributed by atoms with Gasteiger partial charge in [-0.15, -0.1) is 22.7 Å². The fraction of sp³-hybridized carbons (Fsp3) is 0.235. The standard InChI is InChI=1S/C17H14N2O3S2/c1-8(2)22-12-4-10-6-13(23-15(10)11(5-12)7-18)16-19-9(3)14(24-16)17(20)21/h4-6,8H,1-3H3,(H,20,21). The van der Waals surface area contributed by atoms with Crippen LogP contribution in [0.15, 0.2) is 18.2 Å². The van der Waals surface area contributed by atoms with Crippen LogP contribution in [-0.2, 0) is 0 Å². The summed E-state index contributed by atoms with van der Waals surface area (Å²) in [5, 5.41) is 20.1. The molecule has 0 radical (unpaired) electrons. The lowest BCUT2D eigenvalue weighted by atomic mass is 10.1. The van der Waals surface area contributed by atoms with Gasteiger partial charge in [0.05, 0.1) is 26.9 Å². The molecule has 0 bridgehead atoms. The number of carboxylic acid groups (broad SMARTS) is 1. The lowest BCUT2D eigenvalue weighted by Crippen LogP contribution is -2.05. The summed E-state index contributed by atoms with van der Waals surface area (Å²) >= 11 is 2.59. The van der Waals surface area contributed by atoms with Gasteiger partial charge in [0.2, 0.25) is 0 Å². The Morgan fingerprint density at radius 1 is 1.33 bits per heavy atom. The zero-order valence-corrected chi connectivity index (χ0v) is 14.9. The highest BCUT2D eigenvalue weighted by molar-refractivity contribution is 7.26. The Morgan fingerprint density at radius 2 is 2.08 bits per heavy atom. The molecule has 2 aromatic heterocycles. The van der Waals surface area contributed by atoms with E-state index < -0.39 is 5.97 Å². The summed E-state index contributed by atoms with van der Waals surface area (Å²) in [5.74, 6) is -0.317. The second-order valence-corrected chi connectivity index (χ2v) is 7.57. The number of benzene rings is 1. The third-order valence-electron chi connectivity index (χ3n) is 3.28. The zero-order chi connectivity index (χ0) is 17.4. The van der Waals surface area contributed by atoms with Crippen molar-refractivity contribution in [3.63, 3.8) is 0 Å². The van der Waals surface area contributed by atoms with E-state index in [1.807, 2.05) is 26.0 Å². The number of aromatic carboxylic acids is 1. The van der Waals surface area contributed by atoms with E-state index >= 15 is 0 Å². The number of hydrogen-bond acceptors (Lipinski definition) is 6. The van der Waals surface area contributed by atoms with Crippen LogP contribution in [0.4, 0.5) is 0 Å². The van der Waals surface area contributed by atoms with Crippen molar-refractivity contribution >= 4 is 38.7 Å². The van der Waals surface area contributed by atoms with Crippen LogP contribution < -0.4 is 4.74 Å². The van der Waals surface area contributed by atoms with Crippen molar-refractivity contribution in [2.75, 3.05) is 0 Å². The fourth-order valence-corrected chi connectivity index (χ4v) is 4.41. The first-order chi connectivity index (χ1) is 11.4. The Kier molecular flexibility index (Phi) is 4.26. The molecule has 0 saturated heterocycles. The van der Waals surface area contributed by atoms with Crippen molar-refractivity contribution in [2.24, 2.45) is 0 Å². The average molecular weight is 358 g/mol. The number of aryl methyl sites for hydroxylation is 1. The van der Waals surface area contributed by atoms with Crippen LogP contribution in [0.5, 0.6) is 5.75 Å². The van der Waals surface area contributed by atoms with Crippen LogP contribution in [0.3, 0.4) is 0 Å². The molecule has 0 aliphatic heterocycles. The number of rotatable bonds is 4. The van der Waals surface area contributed by atoms with Crippen molar-refractivity contribution < 1.29 is 14.6 Å². The van der Waals surface area contributed by atoms with Gasteiger partial charge in [0.1, 0.15) is 21.7 Å². The maximum absolute atomic E-state index is 11.2. The maximum atomic E-state index is 11.2. The van der Waals surface area contributed by atoms with Gasteiger partial charge in [0.25, 0.3) is 0 Å². The predicted molar refractivity (Wildman–Crippen MR) is 95.1 cm³/mol. The number of carbonyl (C=O) groups is 1. The number of thiophene rings is 1. The second kappa shape index (κ2) is 6.23. The number of aromatic nitrogens is 1.